The minimum absolute atomic E-state index is 0.109. The van der Waals surface area contributed by atoms with Gasteiger partial charge in [-0.15, -0.1) is 0 Å². The monoisotopic (exact) mass is 199 g/mol. The maximum atomic E-state index is 11.6. The van der Waals surface area contributed by atoms with Gasteiger partial charge in [-0.25, -0.2) is 4.79 Å². The van der Waals surface area contributed by atoms with Crippen LogP contribution in [0.15, 0.2) is 0 Å². The predicted octanol–water partition coefficient (Wildman–Crippen LogP) is 1.13. The molecule has 0 spiro atoms. The average molecular weight is 199 g/mol. The van der Waals surface area contributed by atoms with Crippen LogP contribution >= 0.6 is 0 Å². The zero-order valence-corrected chi connectivity index (χ0v) is 8.48. The molecule has 2 fully saturated rings. The van der Waals surface area contributed by atoms with E-state index in [1.807, 2.05) is 6.92 Å². The summed E-state index contributed by atoms with van der Waals surface area (Å²) in [5, 5.41) is 9.37. The van der Waals surface area contributed by atoms with Crippen LogP contribution in [0.25, 0.3) is 0 Å². The van der Waals surface area contributed by atoms with Gasteiger partial charge in [-0.1, -0.05) is 0 Å². The summed E-state index contributed by atoms with van der Waals surface area (Å²) in [7, 11) is 0. The zero-order valence-electron chi connectivity index (χ0n) is 8.48. The van der Waals surface area contributed by atoms with Crippen molar-refractivity contribution in [1.82, 2.24) is 4.90 Å². The molecule has 2 aliphatic rings. The molecule has 4 nitrogen and oxygen atoms in total. The molecule has 80 valence electrons. The van der Waals surface area contributed by atoms with Gasteiger partial charge in [0.1, 0.15) is 6.10 Å². The highest BCUT2D eigenvalue weighted by atomic mass is 16.6. The highest BCUT2D eigenvalue weighted by molar-refractivity contribution is 5.68. The number of carbonyl (C=O) groups is 1. The Morgan fingerprint density at radius 1 is 1.50 bits per heavy atom. The third-order valence-electron chi connectivity index (χ3n) is 3.11. The lowest BCUT2D eigenvalue weighted by atomic mass is 9.96. The Kier molecular flexibility index (Phi) is 2.63. The van der Waals surface area contributed by atoms with Gasteiger partial charge in [0.05, 0.1) is 12.6 Å². The van der Waals surface area contributed by atoms with Gasteiger partial charge in [0.15, 0.2) is 0 Å². The lowest BCUT2D eigenvalue weighted by Crippen LogP contribution is -2.38. The number of hydrogen-bond donors (Lipinski definition) is 1. The first-order valence-corrected chi connectivity index (χ1v) is 5.32. The molecule has 1 amide bonds. The van der Waals surface area contributed by atoms with Gasteiger partial charge in [-0.2, -0.15) is 0 Å². The van der Waals surface area contributed by atoms with Crippen molar-refractivity contribution in [3.8, 4) is 0 Å². The van der Waals surface area contributed by atoms with Gasteiger partial charge >= 0.3 is 6.09 Å². The number of rotatable bonds is 1. The molecule has 0 radical (unpaired) electrons. The lowest BCUT2D eigenvalue weighted by Gasteiger charge is -2.29. The van der Waals surface area contributed by atoms with Gasteiger partial charge in [-0.05, 0) is 32.6 Å². The van der Waals surface area contributed by atoms with Crippen LogP contribution in [0.1, 0.15) is 32.6 Å². The molecule has 1 saturated carbocycles. The minimum Gasteiger partial charge on any atom is -0.446 e. The van der Waals surface area contributed by atoms with E-state index in [0.717, 1.165) is 19.3 Å². The van der Waals surface area contributed by atoms with Crippen LogP contribution in [0.4, 0.5) is 4.79 Å². The highest BCUT2D eigenvalue weighted by Crippen LogP contribution is 2.25. The smallest absolute Gasteiger partial charge is 0.410 e. The summed E-state index contributed by atoms with van der Waals surface area (Å²) in [5.41, 5.74) is 0. The van der Waals surface area contributed by atoms with Gasteiger partial charge in [-0.3, -0.25) is 0 Å². The van der Waals surface area contributed by atoms with E-state index in [4.69, 9.17) is 4.74 Å². The number of amides is 1. The Morgan fingerprint density at radius 2 is 2.21 bits per heavy atom. The molecule has 4 heteroatoms. The number of likely N-dealkylation sites (tertiary alicyclic amines) is 1. The van der Waals surface area contributed by atoms with Gasteiger partial charge in [0.2, 0.25) is 0 Å². The number of carbonyl (C=O) groups excluding carboxylic acids is 1. The van der Waals surface area contributed by atoms with E-state index >= 15 is 0 Å². The fourth-order valence-corrected chi connectivity index (χ4v) is 1.96. The van der Waals surface area contributed by atoms with E-state index in [1.165, 1.54) is 0 Å². The Balaban J connectivity index is 1.84. The number of hydrogen-bond acceptors (Lipinski definition) is 3. The Bertz CT molecular complexity index is 227. The van der Waals surface area contributed by atoms with Crippen LogP contribution < -0.4 is 0 Å². The van der Waals surface area contributed by atoms with Crippen molar-refractivity contribution in [2.75, 3.05) is 6.54 Å². The number of aliphatic hydroxyl groups is 1. The number of aliphatic hydroxyl groups excluding tert-OH is 1. The van der Waals surface area contributed by atoms with Crippen LogP contribution in [0.2, 0.25) is 0 Å². The first-order valence-electron chi connectivity index (χ1n) is 5.32. The first-order chi connectivity index (χ1) is 6.66. The second-order valence-corrected chi connectivity index (χ2v) is 4.33. The molecule has 1 saturated heterocycles. The normalized spacial score (nSPS) is 32.9. The Hall–Kier alpha value is -0.770. The van der Waals surface area contributed by atoms with Crippen LogP contribution in [0, 0.1) is 0 Å². The maximum Gasteiger partial charge on any atom is 0.410 e. The molecule has 0 bridgehead atoms. The zero-order chi connectivity index (χ0) is 10.1. The molecule has 1 heterocycles. The van der Waals surface area contributed by atoms with E-state index in [9.17, 15) is 9.90 Å². The molecule has 1 aliphatic carbocycles. The summed E-state index contributed by atoms with van der Waals surface area (Å²) < 4.78 is 5.26. The Morgan fingerprint density at radius 3 is 2.64 bits per heavy atom. The molecule has 2 rings (SSSR count). The molecule has 0 aromatic carbocycles. The molecule has 2 unspecified atom stereocenters. The lowest BCUT2D eigenvalue weighted by molar-refractivity contribution is 0.0240. The highest BCUT2D eigenvalue weighted by Gasteiger charge is 2.34. The summed E-state index contributed by atoms with van der Waals surface area (Å²) in [5.74, 6) is 0. The standard InChI is InChI=1S/C10H17NO3/c1-7-5-8(12)6-11(7)10(13)14-9-3-2-4-9/h7-9,12H,2-6H2,1H3. The fraction of sp³-hybridized carbons (Fsp3) is 0.900. The SMILES string of the molecule is CC1CC(O)CN1C(=O)OC1CCC1. The molecule has 1 N–H and O–H groups in total. The van der Waals surface area contributed by atoms with Crippen LogP contribution in [-0.4, -0.2) is 40.9 Å². The van der Waals surface area contributed by atoms with E-state index in [2.05, 4.69) is 0 Å². The maximum absolute atomic E-state index is 11.6. The molecule has 0 aromatic heterocycles. The fourth-order valence-electron chi connectivity index (χ4n) is 1.96. The van der Waals surface area contributed by atoms with Crippen molar-refractivity contribution < 1.29 is 14.6 Å². The van der Waals surface area contributed by atoms with Gasteiger partial charge in [0, 0.05) is 6.04 Å². The van der Waals surface area contributed by atoms with Crippen molar-refractivity contribution >= 4 is 6.09 Å². The van der Waals surface area contributed by atoms with Gasteiger partial charge in [0.25, 0.3) is 0 Å². The summed E-state index contributed by atoms with van der Waals surface area (Å²) in [6.45, 7) is 2.37. The van der Waals surface area contributed by atoms with Crippen molar-refractivity contribution in [2.24, 2.45) is 0 Å². The predicted molar refractivity (Wildman–Crippen MR) is 50.9 cm³/mol. The van der Waals surface area contributed by atoms with Crippen LogP contribution in [0.3, 0.4) is 0 Å². The minimum atomic E-state index is -0.376. The summed E-state index contributed by atoms with van der Waals surface area (Å²) in [4.78, 5) is 13.2. The number of nitrogens with zero attached hydrogens (tertiary/aromatic N) is 1. The van der Waals surface area contributed by atoms with E-state index < -0.39 is 0 Å². The summed E-state index contributed by atoms with van der Waals surface area (Å²) >= 11 is 0. The molecule has 0 aromatic rings. The number of β-amino-alcohol motifs (C(OH)–C–C–N with tert-alkyl or cyclic N) is 1. The second kappa shape index (κ2) is 3.77. The summed E-state index contributed by atoms with van der Waals surface area (Å²) in [6.07, 6.45) is 3.33. The van der Waals surface area contributed by atoms with Crippen molar-refractivity contribution in [2.45, 2.75) is 50.9 Å². The van der Waals surface area contributed by atoms with Crippen LogP contribution in [0.5, 0.6) is 0 Å². The largest absolute Gasteiger partial charge is 0.446 e. The molecule has 1 aliphatic heterocycles. The van der Waals surface area contributed by atoms with E-state index in [0.29, 0.717) is 13.0 Å². The van der Waals surface area contributed by atoms with E-state index in [1.54, 1.807) is 4.90 Å². The second-order valence-electron chi connectivity index (χ2n) is 4.33. The van der Waals surface area contributed by atoms with E-state index in [-0.39, 0.29) is 24.3 Å². The molecular formula is C10H17NO3. The Labute approximate surface area is 83.8 Å². The third-order valence-corrected chi connectivity index (χ3v) is 3.11. The first kappa shape index (κ1) is 9.77. The average Bonchev–Trinajstić information content (AvgIpc) is 2.37. The van der Waals surface area contributed by atoms with Crippen molar-refractivity contribution in [1.29, 1.82) is 0 Å². The quantitative estimate of drug-likeness (QED) is 0.688. The number of ether oxygens (including phenoxy) is 1. The van der Waals surface area contributed by atoms with Crippen LogP contribution in [-0.2, 0) is 4.74 Å². The molecular weight excluding hydrogens is 182 g/mol. The molecule has 2 atom stereocenters. The van der Waals surface area contributed by atoms with Gasteiger partial charge < -0.3 is 14.7 Å². The topological polar surface area (TPSA) is 49.8 Å². The third kappa shape index (κ3) is 1.85. The van der Waals surface area contributed by atoms with Crippen molar-refractivity contribution in [3.63, 3.8) is 0 Å². The van der Waals surface area contributed by atoms with Crippen molar-refractivity contribution in [3.05, 3.63) is 0 Å². The molecule has 14 heavy (non-hydrogen) atoms. The summed E-state index contributed by atoms with van der Waals surface area (Å²) in [6, 6.07) is 0.109.